The molecule has 0 aromatic rings. The molecular formula is C4H5F3N4. The fraction of sp³-hybridized carbons (Fsp3) is 0.750. The number of rotatable bonds is 0. The first-order chi connectivity index (χ1) is 5.04. The van der Waals surface area contributed by atoms with Crippen LogP contribution in [0.2, 0.25) is 0 Å². The van der Waals surface area contributed by atoms with Crippen LogP contribution in [0.5, 0.6) is 0 Å². The van der Waals surface area contributed by atoms with Crippen LogP contribution in [0.1, 0.15) is 0 Å². The number of nitriles is 1. The third-order valence-electron chi connectivity index (χ3n) is 1.16. The van der Waals surface area contributed by atoms with Crippen molar-refractivity contribution in [3.63, 3.8) is 0 Å². The summed E-state index contributed by atoms with van der Waals surface area (Å²) < 4.78 is 35.4. The first-order valence-corrected chi connectivity index (χ1v) is 2.77. The van der Waals surface area contributed by atoms with Crippen LogP contribution in [0, 0.1) is 11.3 Å². The van der Waals surface area contributed by atoms with E-state index < -0.39 is 18.5 Å². The summed E-state index contributed by atoms with van der Waals surface area (Å²) in [5, 5.41) is 10.1. The maximum absolute atomic E-state index is 11.8. The molecule has 7 heteroatoms. The van der Waals surface area contributed by atoms with Crippen LogP contribution in [0.15, 0.2) is 0 Å². The van der Waals surface area contributed by atoms with Crippen molar-refractivity contribution in [3.8, 4) is 6.07 Å². The van der Waals surface area contributed by atoms with Gasteiger partial charge in [-0.3, -0.25) is 5.32 Å². The van der Waals surface area contributed by atoms with Crippen molar-refractivity contribution >= 4 is 0 Å². The Bertz CT molecular complexity index is 183. The lowest BCUT2D eigenvalue weighted by Gasteiger charge is -2.13. The Balaban J connectivity index is 2.50. The van der Waals surface area contributed by atoms with Gasteiger partial charge in [-0.2, -0.15) is 18.4 Å². The second kappa shape index (κ2) is 2.65. The number of halogens is 3. The predicted molar refractivity (Wildman–Crippen MR) is 28.7 cm³/mol. The molecule has 62 valence electrons. The zero-order valence-corrected chi connectivity index (χ0v) is 5.24. The minimum absolute atomic E-state index is 0.985. The Labute approximate surface area is 60.3 Å². The number of hydrazine groups is 1. The molecule has 4 nitrogen and oxygen atoms in total. The van der Waals surface area contributed by atoms with Crippen LogP contribution in [0.4, 0.5) is 13.2 Å². The van der Waals surface area contributed by atoms with Gasteiger partial charge in [0.05, 0.1) is 6.07 Å². The van der Waals surface area contributed by atoms with Gasteiger partial charge in [-0.1, -0.05) is 0 Å². The second-order valence-corrected chi connectivity index (χ2v) is 1.99. The lowest BCUT2D eigenvalue weighted by molar-refractivity contribution is -0.158. The zero-order valence-electron chi connectivity index (χ0n) is 5.24. The van der Waals surface area contributed by atoms with E-state index in [4.69, 9.17) is 5.26 Å². The van der Waals surface area contributed by atoms with Gasteiger partial charge in [-0.15, -0.1) is 0 Å². The van der Waals surface area contributed by atoms with Gasteiger partial charge in [0, 0.05) is 0 Å². The van der Waals surface area contributed by atoms with Gasteiger partial charge in [0.25, 0.3) is 0 Å². The number of alkyl halides is 3. The van der Waals surface area contributed by atoms with Crippen LogP contribution in [0.25, 0.3) is 0 Å². The van der Waals surface area contributed by atoms with E-state index in [1.165, 1.54) is 0 Å². The van der Waals surface area contributed by atoms with Crippen molar-refractivity contribution in [1.82, 2.24) is 16.2 Å². The van der Waals surface area contributed by atoms with Gasteiger partial charge in [-0.05, 0) is 0 Å². The van der Waals surface area contributed by atoms with Crippen LogP contribution in [-0.4, -0.2) is 18.5 Å². The van der Waals surface area contributed by atoms with Crippen molar-refractivity contribution in [2.75, 3.05) is 0 Å². The van der Waals surface area contributed by atoms with Crippen LogP contribution in [-0.2, 0) is 0 Å². The first-order valence-electron chi connectivity index (χ1n) is 2.77. The Hall–Kier alpha value is -0.840. The highest BCUT2D eigenvalue weighted by molar-refractivity contribution is 4.94. The Morgan fingerprint density at radius 1 is 1.27 bits per heavy atom. The number of hydrogen-bond donors (Lipinski definition) is 3. The normalized spacial score (nSPS) is 31.8. The van der Waals surface area contributed by atoms with Crippen LogP contribution >= 0.6 is 0 Å². The molecule has 0 aromatic carbocycles. The lowest BCUT2D eigenvalue weighted by atomic mass is 10.5. The summed E-state index contributed by atoms with van der Waals surface area (Å²) in [6, 6.07) is 1.58. The molecule has 11 heavy (non-hydrogen) atoms. The maximum atomic E-state index is 11.8. The van der Waals surface area contributed by atoms with Gasteiger partial charge < -0.3 is 0 Å². The summed E-state index contributed by atoms with van der Waals surface area (Å²) in [7, 11) is 0. The average Bonchev–Trinajstić information content (AvgIpc) is 2.32. The monoisotopic (exact) mass is 166 g/mol. The highest BCUT2D eigenvalue weighted by Crippen LogP contribution is 2.19. The summed E-state index contributed by atoms with van der Waals surface area (Å²) >= 11 is 0. The molecule has 1 aliphatic heterocycles. The number of nitrogens with zero attached hydrogens (tertiary/aromatic N) is 1. The molecule has 2 unspecified atom stereocenters. The van der Waals surface area contributed by atoms with Crippen molar-refractivity contribution < 1.29 is 13.2 Å². The molecule has 0 aliphatic carbocycles. The van der Waals surface area contributed by atoms with Crippen molar-refractivity contribution in [2.24, 2.45) is 0 Å². The van der Waals surface area contributed by atoms with E-state index in [0.717, 1.165) is 0 Å². The summed E-state index contributed by atoms with van der Waals surface area (Å²) in [6.07, 6.45) is -7.20. The lowest BCUT2D eigenvalue weighted by Crippen LogP contribution is -2.46. The van der Waals surface area contributed by atoms with Crippen molar-refractivity contribution in [2.45, 2.75) is 18.5 Å². The van der Waals surface area contributed by atoms with E-state index in [1.807, 2.05) is 10.7 Å². The average molecular weight is 166 g/mol. The molecule has 1 saturated heterocycles. The molecule has 0 radical (unpaired) electrons. The third-order valence-corrected chi connectivity index (χ3v) is 1.16. The first kappa shape index (κ1) is 8.26. The van der Waals surface area contributed by atoms with Crippen LogP contribution in [0.3, 0.4) is 0 Å². The van der Waals surface area contributed by atoms with E-state index in [1.54, 1.807) is 6.07 Å². The highest BCUT2D eigenvalue weighted by atomic mass is 19.4. The fourth-order valence-electron chi connectivity index (χ4n) is 0.663. The third kappa shape index (κ3) is 1.80. The van der Waals surface area contributed by atoms with Gasteiger partial charge in [-0.25, -0.2) is 10.9 Å². The number of nitrogens with one attached hydrogen (secondary N) is 3. The van der Waals surface area contributed by atoms with Gasteiger partial charge >= 0.3 is 6.18 Å². The van der Waals surface area contributed by atoms with E-state index in [0.29, 0.717) is 0 Å². The largest absolute Gasteiger partial charge is 0.418 e. The molecule has 3 N–H and O–H groups in total. The number of hydrogen-bond acceptors (Lipinski definition) is 4. The Morgan fingerprint density at radius 3 is 2.18 bits per heavy atom. The van der Waals surface area contributed by atoms with Gasteiger partial charge in [0.15, 0.2) is 12.3 Å². The van der Waals surface area contributed by atoms with Crippen molar-refractivity contribution in [3.05, 3.63) is 0 Å². The van der Waals surface area contributed by atoms with Crippen molar-refractivity contribution in [1.29, 1.82) is 5.26 Å². The topological polar surface area (TPSA) is 59.9 Å². The standard InChI is InChI=1S/C4H5F3N4/c5-4(6,7)3-9-2(1-8)10-11-3/h2-3,9-11H. The quantitative estimate of drug-likeness (QED) is 0.450. The van der Waals surface area contributed by atoms with Gasteiger partial charge in [0.1, 0.15) is 0 Å². The predicted octanol–water partition coefficient (Wildman–Crippen LogP) is -0.578. The molecule has 1 heterocycles. The molecular weight excluding hydrogens is 161 g/mol. The molecule has 1 rings (SSSR count). The summed E-state index contributed by atoms with van der Waals surface area (Å²) in [5.74, 6) is 0. The molecule has 1 aliphatic rings. The maximum Gasteiger partial charge on any atom is 0.418 e. The Kier molecular flexibility index (Phi) is 1.99. The van der Waals surface area contributed by atoms with Crippen LogP contribution < -0.4 is 16.2 Å². The fourth-order valence-corrected chi connectivity index (χ4v) is 0.663. The van der Waals surface area contributed by atoms with E-state index in [-0.39, 0.29) is 0 Å². The molecule has 0 bridgehead atoms. The summed E-state index contributed by atoms with van der Waals surface area (Å²) in [5.41, 5.74) is 4.01. The highest BCUT2D eigenvalue weighted by Gasteiger charge is 2.44. The van der Waals surface area contributed by atoms with E-state index in [9.17, 15) is 13.2 Å². The van der Waals surface area contributed by atoms with Gasteiger partial charge in [0.2, 0.25) is 0 Å². The minimum Gasteiger partial charge on any atom is -0.265 e. The summed E-state index contributed by atoms with van der Waals surface area (Å²) in [4.78, 5) is 0. The summed E-state index contributed by atoms with van der Waals surface area (Å²) in [6.45, 7) is 0. The molecule has 0 aromatic heterocycles. The Morgan fingerprint density at radius 2 is 1.91 bits per heavy atom. The van der Waals surface area contributed by atoms with E-state index >= 15 is 0 Å². The SMILES string of the molecule is N#CC1NNC(C(F)(F)F)N1. The second-order valence-electron chi connectivity index (χ2n) is 1.99. The van der Waals surface area contributed by atoms with E-state index in [2.05, 4.69) is 5.43 Å². The molecule has 1 fully saturated rings. The minimum atomic E-state index is -4.38. The molecule has 0 saturated carbocycles. The molecule has 0 amide bonds. The smallest absolute Gasteiger partial charge is 0.265 e. The zero-order chi connectivity index (χ0) is 8.48. The molecule has 2 atom stereocenters. The molecule has 0 spiro atoms.